The highest BCUT2D eigenvalue weighted by Crippen LogP contribution is 2.15. The number of ether oxygens (including phenoxy) is 1. The Morgan fingerprint density at radius 1 is 1.79 bits per heavy atom. The molecule has 1 fully saturated rings. The minimum Gasteiger partial charge on any atom is -0.387 e. The van der Waals surface area contributed by atoms with Gasteiger partial charge in [0.2, 0.25) is 0 Å². The van der Waals surface area contributed by atoms with Gasteiger partial charge in [-0.2, -0.15) is 0 Å². The Morgan fingerprint density at radius 2 is 2.64 bits per heavy atom. The Hall–Kier alpha value is -0.940. The van der Waals surface area contributed by atoms with Crippen molar-refractivity contribution in [2.24, 2.45) is 5.92 Å². The van der Waals surface area contributed by atoms with Gasteiger partial charge in [-0.15, -0.1) is 5.10 Å². The first-order chi connectivity index (χ1) is 6.75. The molecule has 14 heavy (non-hydrogen) atoms. The zero-order valence-electron chi connectivity index (χ0n) is 8.26. The number of aliphatic hydroxyl groups excluding tert-OH is 1. The lowest BCUT2D eigenvalue weighted by Crippen LogP contribution is -2.11. The topological polar surface area (TPSA) is 60.2 Å². The van der Waals surface area contributed by atoms with Gasteiger partial charge >= 0.3 is 0 Å². The van der Waals surface area contributed by atoms with Gasteiger partial charge in [-0.3, -0.25) is 4.68 Å². The van der Waals surface area contributed by atoms with Crippen LogP contribution in [0, 0.1) is 5.92 Å². The second kappa shape index (κ2) is 4.06. The van der Waals surface area contributed by atoms with Crippen molar-refractivity contribution in [1.29, 1.82) is 0 Å². The fourth-order valence-electron chi connectivity index (χ4n) is 1.59. The first-order valence-corrected chi connectivity index (χ1v) is 4.91. The number of hydrogen-bond acceptors (Lipinski definition) is 4. The standard InChI is InChI=1S/C9H15N3O2/c1-7(13)9-5-12(11-10-9)4-8-2-3-14-6-8/h5,7-8,13H,2-4,6H2,1H3/t7-,8?/m0/s1. The molecule has 1 aromatic rings. The van der Waals surface area contributed by atoms with Crippen LogP contribution >= 0.6 is 0 Å². The molecule has 0 radical (unpaired) electrons. The van der Waals surface area contributed by atoms with Gasteiger partial charge in [0.25, 0.3) is 0 Å². The molecule has 1 aromatic heterocycles. The highest BCUT2D eigenvalue weighted by atomic mass is 16.5. The van der Waals surface area contributed by atoms with E-state index in [-0.39, 0.29) is 0 Å². The second-order valence-corrected chi connectivity index (χ2v) is 3.77. The second-order valence-electron chi connectivity index (χ2n) is 3.77. The van der Waals surface area contributed by atoms with Crippen molar-refractivity contribution in [1.82, 2.24) is 15.0 Å². The van der Waals surface area contributed by atoms with E-state index in [4.69, 9.17) is 4.74 Å². The van der Waals surface area contributed by atoms with E-state index < -0.39 is 6.10 Å². The van der Waals surface area contributed by atoms with Crippen LogP contribution in [0.25, 0.3) is 0 Å². The van der Waals surface area contributed by atoms with Gasteiger partial charge in [0, 0.05) is 19.1 Å². The zero-order valence-corrected chi connectivity index (χ0v) is 8.26. The SMILES string of the molecule is C[C@H](O)c1cn(CC2CCOC2)nn1. The number of rotatable bonds is 3. The summed E-state index contributed by atoms with van der Waals surface area (Å²) in [6, 6.07) is 0. The molecular weight excluding hydrogens is 182 g/mol. The van der Waals surface area contributed by atoms with Crippen LogP contribution in [0.4, 0.5) is 0 Å². The molecule has 1 unspecified atom stereocenters. The first kappa shape index (κ1) is 9.61. The normalized spacial score (nSPS) is 24.0. The summed E-state index contributed by atoms with van der Waals surface area (Å²) in [7, 11) is 0. The minimum atomic E-state index is -0.538. The van der Waals surface area contributed by atoms with E-state index in [9.17, 15) is 5.11 Å². The Balaban J connectivity index is 1.95. The third-order valence-corrected chi connectivity index (χ3v) is 2.45. The highest BCUT2D eigenvalue weighted by molar-refractivity contribution is 4.95. The molecule has 2 heterocycles. The molecule has 1 N–H and O–H groups in total. The average Bonchev–Trinajstić information content (AvgIpc) is 2.75. The van der Waals surface area contributed by atoms with Crippen LogP contribution in [-0.2, 0) is 11.3 Å². The van der Waals surface area contributed by atoms with Crippen molar-refractivity contribution >= 4 is 0 Å². The molecular formula is C9H15N3O2. The smallest absolute Gasteiger partial charge is 0.111 e. The minimum absolute atomic E-state index is 0.538. The summed E-state index contributed by atoms with van der Waals surface area (Å²) in [6.07, 6.45) is 2.34. The lowest BCUT2D eigenvalue weighted by atomic mass is 10.1. The molecule has 0 saturated carbocycles. The molecule has 0 aliphatic carbocycles. The van der Waals surface area contributed by atoms with E-state index in [1.165, 1.54) is 0 Å². The lowest BCUT2D eigenvalue weighted by Gasteiger charge is -2.05. The molecule has 0 bridgehead atoms. The van der Waals surface area contributed by atoms with E-state index in [1.54, 1.807) is 17.8 Å². The molecule has 2 atom stereocenters. The van der Waals surface area contributed by atoms with Crippen molar-refractivity contribution in [2.45, 2.75) is 26.0 Å². The van der Waals surface area contributed by atoms with Gasteiger partial charge in [0.15, 0.2) is 0 Å². The maximum atomic E-state index is 9.26. The molecule has 1 saturated heterocycles. The Bertz CT molecular complexity index is 292. The quantitative estimate of drug-likeness (QED) is 0.760. The Kier molecular flexibility index (Phi) is 2.79. The molecule has 5 heteroatoms. The molecule has 0 aromatic carbocycles. The van der Waals surface area contributed by atoms with Crippen LogP contribution in [0.15, 0.2) is 6.20 Å². The van der Waals surface area contributed by atoms with Crippen LogP contribution in [0.3, 0.4) is 0 Å². The highest BCUT2D eigenvalue weighted by Gasteiger charge is 2.17. The van der Waals surface area contributed by atoms with Crippen LogP contribution in [0.5, 0.6) is 0 Å². The van der Waals surface area contributed by atoms with Gasteiger partial charge in [0.05, 0.1) is 18.9 Å². The van der Waals surface area contributed by atoms with E-state index in [1.807, 2.05) is 0 Å². The number of aliphatic hydroxyl groups is 1. The third-order valence-electron chi connectivity index (χ3n) is 2.45. The number of nitrogens with zero attached hydrogens (tertiary/aromatic N) is 3. The lowest BCUT2D eigenvalue weighted by molar-refractivity contribution is 0.181. The maximum absolute atomic E-state index is 9.26. The summed E-state index contributed by atoms with van der Waals surface area (Å²) < 4.78 is 7.05. The molecule has 0 amide bonds. The summed E-state index contributed by atoms with van der Waals surface area (Å²) in [6.45, 7) is 4.18. The van der Waals surface area contributed by atoms with E-state index in [0.717, 1.165) is 26.2 Å². The largest absolute Gasteiger partial charge is 0.387 e. The molecule has 5 nitrogen and oxygen atoms in total. The maximum Gasteiger partial charge on any atom is 0.111 e. The van der Waals surface area contributed by atoms with E-state index in [0.29, 0.717) is 11.6 Å². The number of hydrogen-bond donors (Lipinski definition) is 1. The summed E-state index contributed by atoms with van der Waals surface area (Å²) in [5.74, 6) is 0.540. The van der Waals surface area contributed by atoms with Gasteiger partial charge in [-0.25, -0.2) is 0 Å². The molecule has 1 aliphatic heterocycles. The van der Waals surface area contributed by atoms with Crippen molar-refractivity contribution in [2.75, 3.05) is 13.2 Å². The van der Waals surface area contributed by atoms with Crippen molar-refractivity contribution in [3.63, 3.8) is 0 Å². The van der Waals surface area contributed by atoms with E-state index >= 15 is 0 Å². The molecule has 0 spiro atoms. The van der Waals surface area contributed by atoms with Gasteiger partial charge in [-0.1, -0.05) is 5.21 Å². The fraction of sp³-hybridized carbons (Fsp3) is 0.778. The summed E-state index contributed by atoms with van der Waals surface area (Å²) in [4.78, 5) is 0. The zero-order chi connectivity index (χ0) is 9.97. The van der Waals surface area contributed by atoms with Crippen molar-refractivity contribution in [3.05, 3.63) is 11.9 Å². The number of aromatic nitrogens is 3. The van der Waals surface area contributed by atoms with Crippen LogP contribution in [0.2, 0.25) is 0 Å². The molecule has 2 rings (SSSR count). The predicted molar refractivity (Wildman–Crippen MR) is 49.6 cm³/mol. The van der Waals surface area contributed by atoms with Gasteiger partial charge < -0.3 is 9.84 Å². The van der Waals surface area contributed by atoms with Gasteiger partial charge in [-0.05, 0) is 13.3 Å². The third kappa shape index (κ3) is 2.10. The Labute approximate surface area is 82.7 Å². The molecule has 1 aliphatic rings. The predicted octanol–water partition coefficient (Wildman–Crippen LogP) is 0.368. The summed E-state index contributed by atoms with van der Waals surface area (Å²) in [5, 5.41) is 17.1. The Morgan fingerprint density at radius 3 is 3.21 bits per heavy atom. The van der Waals surface area contributed by atoms with Gasteiger partial charge in [0.1, 0.15) is 5.69 Å². The fourth-order valence-corrected chi connectivity index (χ4v) is 1.59. The van der Waals surface area contributed by atoms with Crippen LogP contribution in [0.1, 0.15) is 25.1 Å². The first-order valence-electron chi connectivity index (χ1n) is 4.91. The van der Waals surface area contributed by atoms with Crippen molar-refractivity contribution in [3.8, 4) is 0 Å². The van der Waals surface area contributed by atoms with Crippen molar-refractivity contribution < 1.29 is 9.84 Å². The van der Waals surface area contributed by atoms with E-state index in [2.05, 4.69) is 10.3 Å². The monoisotopic (exact) mass is 197 g/mol. The summed E-state index contributed by atoms with van der Waals surface area (Å²) >= 11 is 0. The molecule has 78 valence electrons. The average molecular weight is 197 g/mol. The van der Waals surface area contributed by atoms with Crippen LogP contribution < -0.4 is 0 Å². The van der Waals surface area contributed by atoms with Crippen LogP contribution in [-0.4, -0.2) is 33.3 Å². The summed E-state index contributed by atoms with van der Waals surface area (Å²) in [5.41, 5.74) is 0.629.